The number of aliphatic carboxylic acids is 3. The fourth-order valence-electron chi connectivity index (χ4n) is 3.68. The van der Waals surface area contributed by atoms with Crippen LogP contribution in [0.4, 0.5) is 43.9 Å². The van der Waals surface area contributed by atoms with E-state index in [1.165, 1.54) is 6.07 Å². The minimum Gasteiger partial charge on any atom is -0.475 e. The summed E-state index contributed by atoms with van der Waals surface area (Å²) in [5.41, 5.74) is 1.16. The van der Waals surface area contributed by atoms with E-state index < -0.39 is 42.3 Å². The number of alkyl halides is 9. The highest BCUT2D eigenvalue weighted by Crippen LogP contribution is 2.32. The number of hydrogen-bond donors (Lipinski definition) is 3. The number of aryl methyl sites for hydroxylation is 1. The largest absolute Gasteiger partial charge is 0.490 e. The number of nitrogens with zero attached hydrogens (tertiary/aromatic N) is 4. The second kappa shape index (κ2) is 16.2. The van der Waals surface area contributed by atoms with E-state index in [0.717, 1.165) is 31.6 Å². The molecule has 22 heteroatoms. The first-order valence-corrected chi connectivity index (χ1v) is 12.0. The summed E-state index contributed by atoms with van der Waals surface area (Å²) in [4.78, 5) is 33.0. The first-order chi connectivity index (χ1) is 20.5. The third-order valence-corrected chi connectivity index (χ3v) is 5.44. The monoisotopic (exact) mass is 674 g/mol. The first kappa shape index (κ1) is 38.8. The Kier molecular flexibility index (Phi) is 14.0. The average Bonchev–Trinajstić information content (AvgIpc) is 3.48. The molecule has 45 heavy (non-hydrogen) atoms. The third kappa shape index (κ3) is 13.5. The van der Waals surface area contributed by atoms with E-state index in [4.69, 9.17) is 39.2 Å². The Balaban J connectivity index is 0.000000396. The van der Waals surface area contributed by atoms with Crippen molar-refractivity contribution in [3.8, 4) is 5.88 Å². The Morgan fingerprint density at radius 3 is 1.91 bits per heavy atom. The predicted octanol–water partition coefficient (Wildman–Crippen LogP) is 3.66. The lowest BCUT2D eigenvalue weighted by atomic mass is 10.0. The van der Waals surface area contributed by atoms with Crippen LogP contribution in [-0.2, 0) is 32.7 Å². The number of rotatable bonds is 4. The minimum atomic E-state index is -5.08. The lowest BCUT2D eigenvalue weighted by Crippen LogP contribution is -2.42. The third-order valence-electron chi connectivity index (χ3n) is 5.44. The zero-order valence-corrected chi connectivity index (χ0v) is 22.6. The number of likely N-dealkylation sites (tertiary alicyclic amines) is 1. The van der Waals surface area contributed by atoms with E-state index in [2.05, 4.69) is 15.0 Å². The SMILES string of the molecule is Cn1cc(CN2C[C@H](Oc3ncccc3F)[C@H]3OCCC[C@H]32)cn1.O=C(O)C(F)(F)F.O=C(O)C(F)(F)F.O=C(O)C(F)(F)F. The lowest BCUT2D eigenvalue weighted by molar-refractivity contribution is -0.193. The van der Waals surface area contributed by atoms with Gasteiger partial charge in [0.2, 0.25) is 0 Å². The summed E-state index contributed by atoms with van der Waals surface area (Å²) in [6.45, 7) is 2.22. The van der Waals surface area contributed by atoms with Gasteiger partial charge in [0.05, 0.1) is 6.20 Å². The number of carboxylic acid groups (broad SMARTS) is 3. The van der Waals surface area contributed by atoms with Crippen LogP contribution < -0.4 is 4.74 Å². The molecular weight excluding hydrogens is 650 g/mol. The molecule has 4 heterocycles. The van der Waals surface area contributed by atoms with Crippen LogP contribution in [0.3, 0.4) is 0 Å². The molecule has 254 valence electrons. The summed E-state index contributed by atoms with van der Waals surface area (Å²) in [7, 11) is 1.91. The van der Waals surface area contributed by atoms with E-state index in [9.17, 15) is 43.9 Å². The molecule has 0 unspecified atom stereocenters. The molecule has 2 aromatic rings. The van der Waals surface area contributed by atoms with Gasteiger partial charge in [-0.05, 0) is 25.0 Å². The minimum absolute atomic E-state index is 0.0446. The van der Waals surface area contributed by atoms with Gasteiger partial charge in [-0.3, -0.25) is 9.58 Å². The van der Waals surface area contributed by atoms with Crippen molar-refractivity contribution in [1.29, 1.82) is 0 Å². The number of carbonyl (C=O) groups is 3. The number of fused-ring (bicyclic) bond motifs is 1. The molecule has 0 radical (unpaired) electrons. The van der Waals surface area contributed by atoms with Crippen LogP contribution in [0.2, 0.25) is 0 Å². The molecule has 2 aliphatic rings. The van der Waals surface area contributed by atoms with E-state index in [1.807, 2.05) is 19.4 Å². The van der Waals surface area contributed by atoms with Gasteiger partial charge in [-0.15, -0.1) is 0 Å². The van der Waals surface area contributed by atoms with Crippen molar-refractivity contribution in [2.45, 2.75) is 56.2 Å². The van der Waals surface area contributed by atoms with E-state index in [1.54, 1.807) is 16.9 Å². The maximum atomic E-state index is 13.9. The molecule has 0 aromatic carbocycles. The quantitative estimate of drug-likeness (QED) is 0.406. The van der Waals surface area contributed by atoms with Crippen molar-refractivity contribution in [2.75, 3.05) is 13.2 Å². The van der Waals surface area contributed by atoms with E-state index in [0.29, 0.717) is 6.54 Å². The standard InChI is InChI=1S/C17H21FN4O2.3C2HF3O2/c1-21-9-12(8-20-21)10-22-11-15(16-14(22)5-3-7-23-16)24-17-13(18)4-2-6-19-17;3*3-2(4,5)1(6)7/h2,4,6,8-9,14-16H,3,5,7,10-11H2,1H3;3*(H,6,7)/t14-,15+,16+;;;/m1.../s1. The Morgan fingerprint density at radius 1 is 0.978 bits per heavy atom. The topological polar surface area (TPSA) is 164 Å². The van der Waals surface area contributed by atoms with Crippen LogP contribution in [0.1, 0.15) is 18.4 Å². The number of halogens is 10. The number of carboxylic acids is 3. The molecule has 12 nitrogen and oxygen atoms in total. The molecule has 0 spiro atoms. The van der Waals surface area contributed by atoms with Crippen LogP contribution in [0.5, 0.6) is 5.88 Å². The number of aromatic nitrogens is 3. The van der Waals surface area contributed by atoms with Gasteiger partial charge in [-0.2, -0.15) is 44.6 Å². The second-order valence-corrected chi connectivity index (χ2v) is 8.85. The smallest absolute Gasteiger partial charge is 0.475 e. The van der Waals surface area contributed by atoms with Crippen LogP contribution in [0, 0.1) is 5.82 Å². The Morgan fingerprint density at radius 2 is 1.49 bits per heavy atom. The number of hydrogen-bond acceptors (Lipinski definition) is 8. The summed E-state index contributed by atoms with van der Waals surface area (Å²) in [6, 6.07) is 3.21. The second-order valence-electron chi connectivity index (χ2n) is 8.85. The highest BCUT2D eigenvalue weighted by molar-refractivity contribution is 5.73. The molecule has 0 bridgehead atoms. The molecule has 3 N–H and O–H groups in total. The molecule has 0 saturated carbocycles. The summed E-state index contributed by atoms with van der Waals surface area (Å²) in [5.74, 6) is -8.65. The average molecular weight is 674 g/mol. The molecule has 3 atom stereocenters. The number of pyridine rings is 1. The molecule has 2 fully saturated rings. The van der Waals surface area contributed by atoms with Gasteiger partial charge in [0, 0.05) is 50.7 Å². The zero-order valence-electron chi connectivity index (χ0n) is 22.6. The van der Waals surface area contributed by atoms with Crippen LogP contribution in [0.15, 0.2) is 30.7 Å². The van der Waals surface area contributed by atoms with Crippen LogP contribution in [-0.4, -0.2) is 103 Å². The predicted molar refractivity (Wildman–Crippen MR) is 126 cm³/mol. The van der Waals surface area contributed by atoms with Gasteiger partial charge >= 0.3 is 36.4 Å². The Hall–Kier alpha value is -4.21. The molecule has 2 aliphatic heterocycles. The summed E-state index contributed by atoms with van der Waals surface area (Å²) < 4.78 is 123. The Bertz CT molecular complexity index is 1210. The first-order valence-electron chi connectivity index (χ1n) is 12.0. The summed E-state index contributed by atoms with van der Waals surface area (Å²) >= 11 is 0. The maximum Gasteiger partial charge on any atom is 0.490 e. The maximum absolute atomic E-state index is 13.9. The van der Waals surface area contributed by atoms with Gasteiger partial charge in [0.1, 0.15) is 12.2 Å². The summed E-state index contributed by atoms with van der Waals surface area (Å²) in [5, 5.41) is 25.6. The molecule has 2 saturated heterocycles. The van der Waals surface area contributed by atoms with Crippen molar-refractivity contribution >= 4 is 17.9 Å². The van der Waals surface area contributed by atoms with Crippen LogP contribution >= 0.6 is 0 Å². The molecule has 0 aliphatic carbocycles. The Labute approximate surface area is 245 Å². The lowest BCUT2D eigenvalue weighted by Gasteiger charge is -2.32. The summed E-state index contributed by atoms with van der Waals surface area (Å²) in [6.07, 6.45) is -7.96. The number of ether oxygens (including phenoxy) is 2. The fraction of sp³-hybridized carbons (Fsp3) is 0.522. The molecule has 2 aromatic heterocycles. The highest BCUT2D eigenvalue weighted by Gasteiger charge is 2.46. The molecular formula is C23H24F10N4O8. The van der Waals surface area contributed by atoms with Crippen molar-refractivity contribution in [3.05, 3.63) is 42.1 Å². The van der Waals surface area contributed by atoms with Gasteiger partial charge in [-0.25, -0.2) is 23.8 Å². The van der Waals surface area contributed by atoms with Crippen LogP contribution in [0.25, 0.3) is 0 Å². The van der Waals surface area contributed by atoms with Gasteiger partial charge < -0.3 is 24.8 Å². The van der Waals surface area contributed by atoms with E-state index in [-0.39, 0.29) is 24.1 Å². The molecule has 0 amide bonds. The van der Waals surface area contributed by atoms with Gasteiger partial charge in [0.15, 0.2) is 5.82 Å². The molecule has 4 rings (SSSR count). The fourth-order valence-corrected chi connectivity index (χ4v) is 3.68. The zero-order chi connectivity index (χ0) is 34.8. The van der Waals surface area contributed by atoms with Crippen molar-refractivity contribution in [3.63, 3.8) is 0 Å². The van der Waals surface area contributed by atoms with Gasteiger partial charge in [0.25, 0.3) is 5.88 Å². The highest BCUT2D eigenvalue weighted by atomic mass is 19.4. The van der Waals surface area contributed by atoms with Gasteiger partial charge in [-0.1, -0.05) is 0 Å². The van der Waals surface area contributed by atoms with Crippen molar-refractivity contribution in [2.24, 2.45) is 7.05 Å². The van der Waals surface area contributed by atoms with E-state index >= 15 is 0 Å². The normalized spacial score (nSPS) is 19.8. The van der Waals surface area contributed by atoms with Crippen molar-refractivity contribution < 1.29 is 83.1 Å². The van der Waals surface area contributed by atoms with Crippen molar-refractivity contribution in [1.82, 2.24) is 19.7 Å².